The second kappa shape index (κ2) is 11.8. The van der Waals surface area contributed by atoms with Gasteiger partial charge in [0.1, 0.15) is 5.75 Å². The first kappa shape index (κ1) is 26.6. The molecule has 0 aliphatic carbocycles. The van der Waals surface area contributed by atoms with Gasteiger partial charge < -0.3 is 42.7 Å². The van der Waals surface area contributed by atoms with Crippen LogP contribution in [0.2, 0.25) is 0 Å². The maximum Gasteiger partial charge on any atom is 0.255 e. The van der Waals surface area contributed by atoms with E-state index < -0.39 is 0 Å². The van der Waals surface area contributed by atoms with Gasteiger partial charge in [0.2, 0.25) is 17.8 Å². The lowest BCUT2D eigenvalue weighted by atomic mass is 10.0. The quantitative estimate of drug-likeness (QED) is 0.221. The average Bonchev–Trinajstić information content (AvgIpc) is 2.90. The summed E-state index contributed by atoms with van der Waals surface area (Å²) in [5, 5.41) is 23.4. The molecule has 0 saturated carbocycles. The summed E-state index contributed by atoms with van der Waals surface area (Å²) in [7, 11) is 0. The van der Waals surface area contributed by atoms with E-state index >= 15 is 0 Å². The minimum Gasteiger partial charge on any atom is -0.506 e. The van der Waals surface area contributed by atoms with Gasteiger partial charge in [0.05, 0.1) is 5.69 Å². The summed E-state index contributed by atoms with van der Waals surface area (Å²) in [6, 6.07) is 12.2. The van der Waals surface area contributed by atoms with Crippen molar-refractivity contribution < 1.29 is 9.90 Å². The molecule has 2 saturated heterocycles. The lowest BCUT2D eigenvalue weighted by Crippen LogP contribution is -2.53. The van der Waals surface area contributed by atoms with Gasteiger partial charge in [-0.2, -0.15) is 15.0 Å². The van der Waals surface area contributed by atoms with Crippen LogP contribution in [0.15, 0.2) is 42.5 Å². The Balaban J connectivity index is 1.35. The van der Waals surface area contributed by atoms with Crippen molar-refractivity contribution in [3.8, 4) is 5.75 Å². The van der Waals surface area contributed by atoms with Gasteiger partial charge in [0.25, 0.3) is 5.91 Å². The van der Waals surface area contributed by atoms with E-state index in [2.05, 4.69) is 36.2 Å². The summed E-state index contributed by atoms with van der Waals surface area (Å²) in [4.78, 5) is 28.5. The maximum absolute atomic E-state index is 12.6. The monoisotopic (exact) mass is 532 g/mol. The third kappa shape index (κ3) is 6.91. The first-order valence-corrected chi connectivity index (χ1v) is 13.3. The minimum atomic E-state index is -0.306. The number of phenolic OH excluding ortho intramolecular Hbond substituents is 1. The van der Waals surface area contributed by atoms with E-state index in [1.807, 2.05) is 24.0 Å². The number of carbonyl (C=O) groups is 1. The third-order valence-corrected chi connectivity index (χ3v) is 6.91. The molecule has 2 aliphatic heterocycles. The van der Waals surface area contributed by atoms with Crippen LogP contribution in [-0.4, -0.2) is 70.3 Å². The Bertz CT molecular complexity index is 1290. The first-order chi connectivity index (χ1) is 18.8. The Kier molecular flexibility index (Phi) is 8.05. The topological polar surface area (TPSA) is 179 Å². The molecule has 12 heteroatoms. The van der Waals surface area contributed by atoms with E-state index in [-0.39, 0.29) is 29.8 Å². The van der Waals surface area contributed by atoms with Crippen LogP contribution in [0.1, 0.15) is 35.2 Å². The number of carbonyl (C=O) groups excluding carboxylic acids is 1. The second-order valence-electron chi connectivity index (χ2n) is 10.3. The minimum absolute atomic E-state index is 0.0673. The van der Waals surface area contributed by atoms with E-state index in [4.69, 9.17) is 11.5 Å². The van der Waals surface area contributed by atoms with Crippen LogP contribution in [-0.2, 0) is 0 Å². The molecule has 206 valence electrons. The largest absolute Gasteiger partial charge is 0.506 e. The fourth-order valence-corrected chi connectivity index (χ4v) is 4.86. The molecular formula is C27H36N10O2. The highest BCUT2D eigenvalue weighted by Crippen LogP contribution is 2.29. The summed E-state index contributed by atoms with van der Waals surface area (Å²) in [5.41, 5.74) is 14.9. The predicted molar refractivity (Wildman–Crippen MR) is 153 cm³/mol. The fourth-order valence-electron chi connectivity index (χ4n) is 4.86. The van der Waals surface area contributed by atoms with Crippen molar-refractivity contribution in [1.29, 1.82) is 0 Å². The van der Waals surface area contributed by atoms with Crippen LogP contribution >= 0.6 is 0 Å². The van der Waals surface area contributed by atoms with Gasteiger partial charge in [-0.25, -0.2) is 0 Å². The Morgan fingerprint density at radius 1 is 1.00 bits per heavy atom. The Morgan fingerprint density at radius 2 is 1.69 bits per heavy atom. The third-order valence-electron chi connectivity index (χ3n) is 6.91. The zero-order chi connectivity index (χ0) is 27.4. The molecule has 2 aliphatic rings. The van der Waals surface area contributed by atoms with E-state index in [1.54, 1.807) is 24.3 Å². The molecule has 2 aromatic carbocycles. The van der Waals surface area contributed by atoms with Crippen LogP contribution in [0.4, 0.5) is 29.2 Å². The molecule has 3 aromatic rings. The van der Waals surface area contributed by atoms with Crippen LogP contribution in [0.25, 0.3) is 0 Å². The van der Waals surface area contributed by atoms with Crippen LogP contribution in [0.5, 0.6) is 5.75 Å². The summed E-state index contributed by atoms with van der Waals surface area (Å²) >= 11 is 0. The maximum atomic E-state index is 12.6. The molecule has 9 N–H and O–H groups in total. The van der Waals surface area contributed by atoms with Crippen molar-refractivity contribution in [3.63, 3.8) is 0 Å². The number of nitrogens with one attached hydrogen (secondary N) is 4. The molecule has 3 heterocycles. The molecule has 5 rings (SSSR count). The summed E-state index contributed by atoms with van der Waals surface area (Å²) in [6.07, 6.45) is 2.68. The summed E-state index contributed by atoms with van der Waals surface area (Å²) in [5.74, 6) is 0.879. The number of benzene rings is 2. The van der Waals surface area contributed by atoms with Gasteiger partial charge in [0, 0.05) is 48.5 Å². The molecule has 0 radical (unpaired) electrons. The predicted octanol–water partition coefficient (Wildman–Crippen LogP) is 1.91. The summed E-state index contributed by atoms with van der Waals surface area (Å²) < 4.78 is 0. The summed E-state index contributed by atoms with van der Waals surface area (Å²) in [6.45, 7) is 5.02. The Hall–Kier alpha value is -4.00. The lowest BCUT2D eigenvalue weighted by molar-refractivity contribution is 0.102. The number of aromatic nitrogens is 3. The number of nitrogens with zero attached hydrogens (tertiary/aromatic N) is 4. The normalized spacial score (nSPS) is 19.9. The van der Waals surface area contributed by atoms with Gasteiger partial charge in [0.15, 0.2) is 0 Å². The second-order valence-corrected chi connectivity index (χ2v) is 10.3. The van der Waals surface area contributed by atoms with Crippen molar-refractivity contribution in [2.75, 3.05) is 47.0 Å². The van der Waals surface area contributed by atoms with Gasteiger partial charge in [-0.1, -0.05) is 17.7 Å². The van der Waals surface area contributed by atoms with E-state index in [0.717, 1.165) is 37.9 Å². The van der Waals surface area contributed by atoms with Crippen molar-refractivity contribution in [3.05, 3.63) is 53.6 Å². The molecule has 1 amide bonds. The van der Waals surface area contributed by atoms with Crippen LogP contribution in [0, 0.1) is 6.92 Å². The average molecular weight is 533 g/mol. The Morgan fingerprint density at radius 3 is 2.38 bits per heavy atom. The molecule has 1 aromatic heterocycles. The molecule has 0 spiro atoms. The van der Waals surface area contributed by atoms with E-state index in [9.17, 15) is 9.90 Å². The number of rotatable bonds is 7. The molecule has 12 nitrogen and oxygen atoms in total. The van der Waals surface area contributed by atoms with Gasteiger partial charge in [-0.3, -0.25) is 4.79 Å². The molecule has 39 heavy (non-hydrogen) atoms. The number of phenols is 1. The van der Waals surface area contributed by atoms with Crippen molar-refractivity contribution in [1.82, 2.24) is 20.3 Å². The molecule has 0 bridgehead atoms. The van der Waals surface area contributed by atoms with Crippen LogP contribution < -0.4 is 37.6 Å². The highest BCUT2D eigenvalue weighted by atomic mass is 16.3. The number of nitrogens with two attached hydrogens (primary N) is 2. The highest BCUT2D eigenvalue weighted by Gasteiger charge is 2.26. The van der Waals surface area contributed by atoms with Gasteiger partial charge in [-0.15, -0.1) is 0 Å². The standard InChI is InChI=1S/C27H36N10O2/c1-16-2-4-17(5-3-16)24(39)33-22-7-6-21(13-23(22)38)32-26-34-25(31-20-8-10-30-11-9-20)35-27(36-26)37-14-18(28)12-19(29)15-37/h2-7,13,18-20,30,38H,8-12,14-15,28-29H2,1H3,(H,33,39)(H2,31,32,34,35,36)/t18-,19+. The fraction of sp³-hybridized carbons (Fsp3) is 0.407. The zero-order valence-electron chi connectivity index (χ0n) is 22.0. The van der Waals surface area contributed by atoms with Gasteiger partial charge >= 0.3 is 0 Å². The Labute approximate surface area is 227 Å². The molecule has 2 fully saturated rings. The highest BCUT2D eigenvalue weighted by molar-refractivity contribution is 6.05. The zero-order valence-corrected chi connectivity index (χ0v) is 22.0. The van der Waals surface area contributed by atoms with Crippen molar-refractivity contribution >= 4 is 35.1 Å². The van der Waals surface area contributed by atoms with Crippen LogP contribution in [0.3, 0.4) is 0 Å². The van der Waals surface area contributed by atoms with Gasteiger partial charge in [-0.05, 0) is 63.5 Å². The molecule has 0 unspecified atom stereocenters. The first-order valence-electron chi connectivity index (χ1n) is 13.3. The van der Waals surface area contributed by atoms with Crippen molar-refractivity contribution in [2.45, 2.75) is 44.3 Å². The molecule has 2 atom stereocenters. The number of hydrogen-bond acceptors (Lipinski definition) is 11. The van der Waals surface area contributed by atoms with Crippen molar-refractivity contribution in [2.24, 2.45) is 11.5 Å². The lowest BCUT2D eigenvalue weighted by Gasteiger charge is -2.34. The molecular weight excluding hydrogens is 496 g/mol. The smallest absolute Gasteiger partial charge is 0.255 e. The number of piperidine rings is 2. The number of hydrogen-bond donors (Lipinski definition) is 7. The van der Waals surface area contributed by atoms with E-state index in [0.29, 0.717) is 47.9 Å². The SMILES string of the molecule is Cc1ccc(C(=O)Nc2ccc(Nc3nc(NC4CCNCC4)nc(N4C[C@H](N)C[C@H](N)C4)n3)cc2O)cc1. The number of aromatic hydroxyl groups is 1. The van der Waals surface area contributed by atoms with E-state index in [1.165, 1.54) is 6.07 Å². The number of amides is 1. The number of aryl methyl sites for hydroxylation is 1. The number of anilines is 5.